The fourth-order valence-electron chi connectivity index (χ4n) is 10.8. The van der Waals surface area contributed by atoms with Gasteiger partial charge in [0, 0.05) is 59.5 Å². The SMILES string of the molecule is C.CC1(C)CC(Nc2nc(Cl)ncc2F)CC2CCCN21.CC1(C)CC(Nc2nc(Nc3ccc(O[C@@H]4CCOC4)c(C#N)c3)ncc2F)CC2CCCN21.N#Cc1cc(N)ccc1O[C@@H]1CCOC1. The van der Waals surface area contributed by atoms with E-state index in [4.69, 9.17) is 41.5 Å². The van der Waals surface area contributed by atoms with Crippen molar-refractivity contribution >= 4 is 40.6 Å². The molecule has 0 bridgehead atoms. The number of piperidine rings is 2. The van der Waals surface area contributed by atoms with Gasteiger partial charge in [0.2, 0.25) is 11.2 Å². The maximum atomic E-state index is 14.6. The van der Waals surface area contributed by atoms with Crippen molar-refractivity contribution in [1.82, 2.24) is 29.7 Å². The Labute approximate surface area is 415 Å². The predicted molar refractivity (Wildman–Crippen MR) is 266 cm³/mol. The lowest BCUT2D eigenvalue weighted by atomic mass is 9.84. The maximum absolute atomic E-state index is 14.6. The van der Waals surface area contributed by atoms with Crippen molar-refractivity contribution in [1.29, 1.82) is 10.5 Å². The second-order valence-corrected chi connectivity index (χ2v) is 20.3. The van der Waals surface area contributed by atoms with Crippen LogP contribution >= 0.6 is 11.6 Å². The monoisotopic (exact) mass is 985 g/mol. The molecule has 6 fully saturated rings. The quantitative estimate of drug-likeness (QED) is 0.0863. The molecular formula is C51H67ClF2N12O4. The Morgan fingerprint density at radius 3 is 1.79 bits per heavy atom. The highest BCUT2D eigenvalue weighted by atomic mass is 35.5. The zero-order valence-corrected chi connectivity index (χ0v) is 40.6. The number of nitrogen functional groups attached to an aromatic ring is 1. The number of benzene rings is 2. The van der Waals surface area contributed by atoms with Crippen molar-refractivity contribution in [3.8, 4) is 23.6 Å². The summed E-state index contributed by atoms with van der Waals surface area (Å²) in [6, 6.07) is 16.0. The highest BCUT2D eigenvalue weighted by molar-refractivity contribution is 6.28. The van der Waals surface area contributed by atoms with Crippen LogP contribution in [-0.2, 0) is 9.47 Å². The third-order valence-electron chi connectivity index (χ3n) is 13.9. The van der Waals surface area contributed by atoms with Gasteiger partial charge in [-0.2, -0.15) is 20.5 Å². The average molecular weight is 986 g/mol. The molecule has 6 aliphatic heterocycles. The molecule has 8 heterocycles. The molecule has 6 atom stereocenters. The number of nitriles is 2. The smallest absolute Gasteiger partial charge is 0.229 e. The molecule has 0 saturated carbocycles. The van der Waals surface area contributed by atoms with Gasteiger partial charge in [0.05, 0.1) is 49.9 Å². The average Bonchev–Trinajstić information content (AvgIpc) is 4.17. The van der Waals surface area contributed by atoms with Crippen LogP contribution in [0.15, 0.2) is 48.8 Å². The summed E-state index contributed by atoms with van der Waals surface area (Å²) in [4.78, 5) is 21.3. The van der Waals surface area contributed by atoms with Gasteiger partial charge in [-0.1, -0.05) is 7.43 Å². The van der Waals surface area contributed by atoms with Crippen molar-refractivity contribution < 1.29 is 27.7 Å². The van der Waals surface area contributed by atoms with Crippen LogP contribution < -0.4 is 31.2 Å². The van der Waals surface area contributed by atoms with E-state index in [-0.39, 0.29) is 65.7 Å². The molecule has 0 radical (unpaired) electrons. The first-order valence-electron chi connectivity index (χ1n) is 24.0. The summed E-state index contributed by atoms with van der Waals surface area (Å²) >= 11 is 5.74. The van der Waals surface area contributed by atoms with E-state index in [0.717, 1.165) is 57.9 Å². The van der Waals surface area contributed by atoms with Gasteiger partial charge in [-0.15, -0.1) is 0 Å². The van der Waals surface area contributed by atoms with Gasteiger partial charge in [-0.05, 0) is 140 Å². The van der Waals surface area contributed by atoms with Gasteiger partial charge in [0.15, 0.2) is 23.3 Å². The fraction of sp³-hybridized carbons (Fsp3) is 0.569. The lowest BCUT2D eigenvalue weighted by Crippen LogP contribution is -2.55. The molecule has 5 N–H and O–H groups in total. The van der Waals surface area contributed by atoms with Gasteiger partial charge in [0.25, 0.3) is 0 Å². The molecule has 0 aliphatic carbocycles. The third-order valence-corrected chi connectivity index (χ3v) is 14.1. The standard InChI is InChI=1S/C25H31FN6O2.C14H20ClFN4.C11H12N2O2.CH4/c1-25(2)12-18(11-19-4-3-8-32(19)25)29-23-21(26)14-28-24(31-23)30-17-5-6-22(16(10-17)13-27)34-20-7-9-33-15-20;1-14(2)7-9(6-10-4-3-5-20(10)14)18-12-11(16)8-17-13(15)19-12;12-6-8-5-9(13)1-2-11(8)15-10-3-4-14-7-10;/h5-6,10,14,18-20H,3-4,7-9,11-12,15H2,1-2H3,(H2,28,29,30,31);8-10H,3-7H2,1-2H3,(H,17,18,19);1-2,5,10H,3-4,7,13H2;1H4/t18?,19?,20-;;10-;/m1.1./s1. The summed E-state index contributed by atoms with van der Waals surface area (Å²) in [5, 5.41) is 28.2. The molecule has 19 heteroatoms. The second kappa shape index (κ2) is 23.1. The Bertz CT molecular complexity index is 2500. The summed E-state index contributed by atoms with van der Waals surface area (Å²) in [7, 11) is 0. The molecule has 10 rings (SSSR count). The number of anilines is 5. The number of halogens is 3. The van der Waals surface area contributed by atoms with Crippen molar-refractivity contribution in [2.75, 3.05) is 61.2 Å². The van der Waals surface area contributed by atoms with Gasteiger partial charge < -0.3 is 40.6 Å². The van der Waals surface area contributed by atoms with Crippen molar-refractivity contribution in [2.24, 2.45) is 0 Å². The van der Waals surface area contributed by atoms with E-state index in [9.17, 15) is 14.0 Å². The lowest BCUT2D eigenvalue weighted by molar-refractivity contribution is 0.0498. The number of nitrogens with zero attached hydrogens (tertiary/aromatic N) is 8. The van der Waals surface area contributed by atoms with Crippen LogP contribution in [0.25, 0.3) is 0 Å². The van der Waals surface area contributed by atoms with Gasteiger partial charge >= 0.3 is 0 Å². The first-order valence-corrected chi connectivity index (χ1v) is 24.4. The molecule has 2 aromatic carbocycles. The van der Waals surface area contributed by atoms with E-state index in [1.165, 1.54) is 38.4 Å². The van der Waals surface area contributed by atoms with Crippen LogP contribution in [-0.4, -0.2) is 117 Å². The minimum absolute atomic E-state index is 0. The van der Waals surface area contributed by atoms with Crippen LogP contribution in [0.3, 0.4) is 0 Å². The van der Waals surface area contributed by atoms with E-state index in [0.29, 0.717) is 65.9 Å². The number of nitrogens with two attached hydrogens (primary N) is 1. The van der Waals surface area contributed by atoms with E-state index in [1.807, 2.05) is 0 Å². The first kappa shape index (κ1) is 52.2. The summed E-state index contributed by atoms with van der Waals surface area (Å²) in [5.74, 6) is 0.874. The lowest BCUT2D eigenvalue weighted by Gasteiger charge is -2.47. The topological polar surface area (TPSA) is 205 Å². The molecule has 6 saturated heterocycles. The Morgan fingerprint density at radius 2 is 1.26 bits per heavy atom. The number of fused-ring (bicyclic) bond motifs is 2. The van der Waals surface area contributed by atoms with Crippen LogP contribution in [0.5, 0.6) is 11.5 Å². The van der Waals surface area contributed by atoms with Crippen molar-refractivity contribution in [3.05, 3.63) is 76.8 Å². The van der Waals surface area contributed by atoms with Crippen LogP contribution in [0, 0.1) is 34.3 Å². The Kier molecular flexibility index (Phi) is 17.2. The van der Waals surface area contributed by atoms with Gasteiger partial charge in [0.1, 0.15) is 35.8 Å². The van der Waals surface area contributed by atoms with Crippen molar-refractivity contribution in [3.63, 3.8) is 0 Å². The molecule has 6 aliphatic rings. The molecular weight excluding hydrogens is 918 g/mol. The molecule has 0 spiro atoms. The number of hydrogen-bond acceptors (Lipinski definition) is 16. The Hall–Kier alpha value is -5.63. The predicted octanol–water partition coefficient (Wildman–Crippen LogP) is 9.25. The van der Waals surface area contributed by atoms with E-state index in [2.05, 4.69) is 85.5 Å². The van der Waals surface area contributed by atoms with E-state index < -0.39 is 11.6 Å². The third kappa shape index (κ3) is 13.0. The minimum Gasteiger partial charge on any atom is -0.487 e. The van der Waals surface area contributed by atoms with Gasteiger partial charge in [-0.3, -0.25) is 9.80 Å². The normalized spacial score (nSPS) is 25.2. The Morgan fingerprint density at radius 1 is 0.743 bits per heavy atom. The molecule has 70 heavy (non-hydrogen) atoms. The van der Waals surface area contributed by atoms with Crippen LogP contribution in [0.1, 0.15) is 110 Å². The molecule has 2 aromatic heterocycles. The van der Waals surface area contributed by atoms with Gasteiger partial charge in [-0.25, -0.2) is 18.7 Å². The summed E-state index contributed by atoms with van der Waals surface area (Å²) in [6.07, 6.45) is 12.8. The first-order chi connectivity index (χ1) is 33.2. The van der Waals surface area contributed by atoms with Crippen LogP contribution in [0.4, 0.5) is 37.7 Å². The van der Waals surface area contributed by atoms with Crippen LogP contribution in [0.2, 0.25) is 5.28 Å². The number of aromatic nitrogens is 4. The van der Waals surface area contributed by atoms with E-state index >= 15 is 0 Å². The molecule has 4 unspecified atom stereocenters. The summed E-state index contributed by atoms with van der Waals surface area (Å²) in [6.45, 7) is 13.9. The maximum Gasteiger partial charge on any atom is 0.229 e. The molecule has 4 aromatic rings. The van der Waals surface area contributed by atoms with E-state index in [1.54, 1.807) is 36.4 Å². The number of nitrogens with one attached hydrogen (secondary N) is 3. The summed E-state index contributed by atoms with van der Waals surface area (Å²) < 4.78 is 50.4. The highest BCUT2D eigenvalue weighted by Crippen LogP contribution is 2.40. The number of ether oxygens (including phenoxy) is 4. The molecule has 376 valence electrons. The highest BCUT2D eigenvalue weighted by Gasteiger charge is 2.44. The molecule has 0 amide bonds. The number of rotatable bonds is 10. The zero-order chi connectivity index (χ0) is 48.7. The largest absolute Gasteiger partial charge is 0.487 e. The molecule has 16 nitrogen and oxygen atoms in total. The second-order valence-electron chi connectivity index (χ2n) is 19.9. The number of hydrogen-bond donors (Lipinski definition) is 4. The minimum atomic E-state index is -0.475. The zero-order valence-electron chi connectivity index (χ0n) is 39.8. The Balaban J connectivity index is 0.000000170. The van der Waals surface area contributed by atoms with Crippen molar-refractivity contribution in [2.45, 2.75) is 147 Å². The fourth-order valence-corrected chi connectivity index (χ4v) is 11.0. The summed E-state index contributed by atoms with van der Waals surface area (Å²) in [5.41, 5.74) is 7.88.